The summed E-state index contributed by atoms with van der Waals surface area (Å²) < 4.78 is 0. The molecule has 1 unspecified atom stereocenters. The maximum atomic E-state index is 12.6. The van der Waals surface area contributed by atoms with Gasteiger partial charge in [-0.25, -0.2) is 5.01 Å². The summed E-state index contributed by atoms with van der Waals surface area (Å²) in [6, 6.07) is 7.91. The molecule has 0 aromatic heterocycles. The summed E-state index contributed by atoms with van der Waals surface area (Å²) in [6.45, 7) is 4.76. The van der Waals surface area contributed by atoms with Crippen LogP contribution in [0.5, 0.6) is 0 Å². The van der Waals surface area contributed by atoms with Crippen LogP contribution in [-0.2, 0) is 4.79 Å². The number of hydrogen-bond donors (Lipinski definition) is 1. The molecule has 1 aromatic carbocycles. The average Bonchev–Trinajstić information content (AvgIpc) is 2.75. The first kappa shape index (κ1) is 14.7. The number of hydrazone groups is 1. The molecule has 1 aliphatic rings. The van der Waals surface area contributed by atoms with Crippen molar-refractivity contribution in [3.63, 3.8) is 0 Å². The van der Waals surface area contributed by atoms with Gasteiger partial charge in [0.1, 0.15) is 0 Å². The molecule has 0 bridgehead atoms. The molecule has 1 amide bonds. The second kappa shape index (κ2) is 6.66. The molecule has 0 aliphatic carbocycles. The van der Waals surface area contributed by atoms with Crippen LogP contribution in [0.1, 0.15) is 38.2 Å². The largest absolute Gasteiger partial charge is 0.330 e. The van der Waals surface area contributed by atoms with Crippen LogP contribution in [0.25, 0.3) is 0 Å². The topological polar surface area (TPSA) is 58.7 Å². The van der Waals surface area contributed by atoms with Gasteiger partial charge in [-0.3, -0.25) is 4.79 Å². The van der Waals surface area contributed by atoms with E-state index >= 15 is 0 Å². The van der Waals surface area contributed by atoms with Crippen molar-refractivity contribution >= 4 is 17.3 Å². The lowest BCUT2D eigenvalue weighted by Gasteiger charge is -2.14. The zero-order valence-corrected chi connectivity index (χ0v) is 12.3. The predicted molar refractivity (Wildman–Crippen MR) is 82.8 cm³/mol. The highest BCUT2D eigenvalue weighted by molar-refractivity contribution is 6.15. The zero-order chi connectivity index (χ0) is 14.5. The fourth-order valence-corrected chi connectivity index (χ4v) is 2.50. The Labute approximate surface area is 120 Å². The molecule has 2 rings (SSSR count). The Morgan fingerprint density at radius 1 is 1.30 bits per heavy atom. The highest BCUT2D eigenvalue weighted by Gasteiger charge is 2.35. The summed E-state index contributed by atoms with van der Waals surface area (Å²) in [5.74, 6) is 0.00514. The summed E-state index contributed by atoms with van der Waals surface area (Å²) in [7, 11) is 0. The fourth-order valence-electron chi connectivity index (χ4n) is 2.50. The molecule has 0 saturated carbocycles. The first-order valence-electron chi connectivity index (χ1n) is 7.35. The Morgan fingerprint density at radius 3 is 2.60 bits per heavy atom. The number of amides is 1. The number of hydrogen-bond acceptors (Lipinski definition) is 3. The van der Waals surface area contributed by atoms with E-state index in [4.69, 9.17) is 5.73 Å². The van der Waals surface area contributed by atoms with Crippen LogP contribution in [0.2, 0.25) is 0 Å². The molecule has 1 heterocycles. The van der Waals surface area contributed by atoms with Gasteiger partial charge < -0.3 is 5.73 Å². The standard InChI is InChI=1S/C16H23N3O/c1-3-5-15-14(6-4-11-17)16(20)19(18-15)13-9-7-12(2)8-10-13/h7-10,14H,3-6,11,17H2,1-2H3. The smallest absolute Gasteiger partial charge is 0.256 e. The van der Waals surface area contributed by atoms with E-state index in [9.17, 15) is 4.79 Å². The molecule has 0 saturated heterocycles. The van der Waals surface area contributed by atoms with Gasteiger partial charge in [0.05, 0.1) is 17.3 Å². The third-order valence-electron chi connectivity index (χ3n) is 3.62. The first-order valence-corrected chi connectivity index (χ1v) is 7.35. The quantitative estimate of drug-likeness (QED) is 0.866. The summed E-state index contributed by atoms with van der Waals surface area (Å²) in [5.41, 5.74) is 8.61. The van der Waals surface area contributed by atoms with E-state index in [1.54, 1.807) is 5.01 Å². The monoisotopic (exact) mass is 273 g/mol. The number of aryl methyl sites for hydroxylation is 1. The van der Waals surface area contributed by atoms with Crippen molar-refractivity contribution in [1.29, 1.82) is 0 Å². The van der Waals surface area contributed by atoms with Crippen LogP contribution >= 0.6 is 0 Å². The third kappa shape index (κ3) is 3.07. The molecule has 2 N–H and O–H groups in total. The Kier molecular flexibility index (Phi) is 4.90. The van der Waals surface area contributed by atoms with Gasteiger partial charge in [0.25, 0.3) is 5.91 Å². The minimum Gasteiger partial charge on any atom is -0.330 e. The SMILES string of the molecule is CCCC1=NN(c2ccc(C)cc2)C(=O)C1CCCN. The van der Waals surface area contributed by atoms with Gasteiger partial charge in [-0.2, -0.15) is 5.10 Å². The fraction of sp³-hybridized carbons (Fsp3) is 0.500. The van der Waals surface area contributed by atoms with Crippen molar-refractivity contribution in [3.05, 3.63) is 29.8 Å². The minimum atomic E-state index is -0.0835. The average molecular weight is 273 g/mol. The van der Waals surface area contributed by atoms with Crippen LogP contribution in [0.4, 0.5) is 5.69 Å². The third-order valence-corrected chi connectivity index (χ3v) is 3.62. The lowest BCUT2D eigenvalue weighted by Crippen LogP contribution is -2.28. The second-order valence-electron chi connectivity index (χ2n) is 5.31. The van der Waals surface area contributed by atoms with Crippen LogP contribution in [0.3, 0.4) is 0 Å². The number of benzene rings is 1. The van der Waals surface area contributed by atoms with E-state index < -0.39 is 0 Å². The molecule has 1 aliphatic heterocycles. The molecule has 0 spiro atoms. The molecule has 4 heteroatoms. The summed E-state index contributed by atoms with van der Waals surface area (Å²) in [4.78, 5) is 12.6. The number of rotatable bonds is 6. The number of nitrogens with two attached hydrogens (primary N) is 1. The minimum absolute atomic E-state index is 0.0835. The van der Waals surface area contributed by atoms with Gasteiger partial charge in [0.15, 0.2) is 0 Å². The Balaban J connectivity index is 2.21. The van der Waals surface area contributed by atoms with Crippen molar-refractivity contribution in [2.45, 2.75) is 39.5 Å². The van der Waals surface area contributed by atoms with Crippen LogP contribution in [-0.4, -0.2) is 18.2 Å². The predicted octanol–water partition coefficient (Wildman–Crippen LogP) is 2.85. The molecule has 108 valence electrons. The van der Waals surface area contributed by atoms with Crippen molar-refractivity contribution in [1.82, 2.24) is 0 Å². The van der Waals surface area contributed by atoms with Crippen molar-refractivity contribution in [2.75, 3.05) is 11.6 Å². The Morgan fingerprint density at radius 2 is 2.00 bits per heavy atom. The summed E-state index contributed by atoms with van der Waals surface area (Å²) in [6.07, 6.45) is 3.55. The maximum Gasteiger partial charge on any atom is 0.256 e. The molecule has 4 nitrogen and oxygen atoms in total. The van der Waals surface area contributed by atoms with E-state index in [0.717, 1.165) is 37.1 Å². The lowest BCUT2D eigenvalue weighted by molar-refractivity contribution is -0.119. The molecular weight excluding hydrogens is 250 g/mol. The molecule has 1 aromatic rings. The lowest BCUT2D eigenvalue weighted by atomic mass is 9.94. The van der Waals surface area contributed by atoms with E-state index in [-0.39, 0.29) is 11.8 Å². The molecule has 20 heavy (non-hydrogen) atoms. The number of nitrogens with zero attached hydrogens (tertiary/aromatic N) is 2. The molecule has 0 fully saturated rings. The van der Waals surface area contributed by atoms with Crippen molar-refractivity contribution < 1.29 is 4.79 Å². The van der Waals surface area contributed by atoms with E-state index in [0.29, 0.717) is 6.54 Å². The van der Waals surface area contributed by atoms with Crippen LogP contribution in [0.15, 0.2) is 29.4 Å². The van der Waals surface area contributed by atoms with Gasteiger partial charge >= 0.3 is 0 Å². The first-order chi connectivity index (χ1) is 9.67. The molecule has 1 atom stereocenters. The van der Waals surface area contributed by atoms with Gasteiger partial charge in [0.2, 0.25) is 0 Å². The Bertz CT molecular complexity index is 493. The summed E-state index contributed by atoms with van der Waals surface area (Å²) >= 11 is 0. The van der Waals surface area contributed by atoms with Crippen LogP contribution < -0.4 is 10.7 Å². The Hall–Kier alpha value is -1.68. The van der Waals surface area contributed by atoms with Gasteiger partial charge in [-0.15, -0.1) is 0 Å². The van der Waals surface area contributed by atoms with Crippen molar-refractivity contribution in [3.8, 4) is 0 Å². The normalized spacial score (nSPS) is 18.6. The van der Waals surface area contributed by atoms with E-state index in [1.807, 2.05) is 31.2 Å². The molecule has 0 radical (unpaired) electrons. The van der Waals surface area contributed by atoms with Gasteiger partial charge in [-0.1, -0.05) is 31.0 Å². The second-order valence-corrected chi connectivity index (χ2v) is 5.31. The van der Waals surface area contributed by atoms with Crippen LogP contribution in [0, 0.1) is 12.8 Å². The number of anilines is 1. The highest BCUT2D eigenvalue weighted by atomic mass is 16.2. The number of carbonyl (C=O) groups excluding carboxylic acids is 1. The van der Waals surface area contributed by atoms with Gasteiger partial charge in [-0.05, 0) is 44.9 Å². The summed E-state index contributed by atoms with van der Waals surface area (Å²) in [5, 5.41) is 6.11. The highest BCUT2D eigenvalue weighted by Crippen LogP contribution is 2.28. The zero-order valence-electron chi connectivity index (χ0n) is 12.3. The van der Waals surface area contributed by atoms with Crippen molar-refractivity contribution in [2.24, 2.45) is 16.8 Å². The van der Waals surface area contributed by atoms with E-state index in [2.05, 4.69) is 12.0 Å². The van der Waals surface area contributed by atoms with Gasteiger partial charge in [0, 0.05) is 0 Å². The molecular formula is C16H23N3O. The maximum absolute atomic E-state index is 12.6. The number of carbonyl (C=O) groups is 1. The van der Waals surface area contributed by atoms with E-state index in [1.165, 1.54) is 5.56 Å².